The number of nitrogens with one attached hydrogen (secondary N) is 1. The zero-order valence-electron chi connectivity index (χ0n) is 9.59. The van der Waals surface area contributed by atoms with Gasteiger partial charge in [-0.25, -0.2) is 9.97 Å². The summed E-state index contributed by atoms with van der Waals surface area (Å²) in [5, 5.41) is 11.8. The number of rotatable bonds is 4. The lowest BCUT2D eigenvalue weighted by molar-refractivity contribution is 0.835. The topological polar surface area (TPSA) is 66.5 Å². The number of anilines is 1. The highest BCUT2D eigenvalue weighted by Gasteiger charge is 2.00. The highest BCUT2D eigenvalue weighted by molar-refractivity contribution is 5.38. The van der Waals surface area contributed by atoms with Crippen LogP contribution in [0.4, 0.5) is 5.82 Å². The number of hydrogen-bond acceptors (Lipinski definition) is 4. The third-order valence-corrected chi connectivity index (χ3v) is 2.47. The Morgan fingerprint density at radius 2 is 2.41 bits per heavy atom. The average molecular weight is 227 g/mol. The van der Waals surface area contributed by atoms with Crippen LogP contribution >= 0.6 is 0 Å². The summed E-state index contributed by atoms with van der Waals surface area (Å²) in [7, 11) is 1.95. The summed E-state index contributed by atoms with van der Waals surface area (Å²) in [5.74, 6) is 0.777. The molecule has 17 heavy (non-hydrogen) atoms. The van der Waals surface area contributed by atoms with E-state index in [-0.39, 0.29) is 0 Å². The Labute approximate surface area is 99.7 Å². The van der Waals surface area contributed by atoms with Gasteiger partial charge in [0.05, 0.1) is 31.1 Å². The normalized spacial score (nSPS) is 9.88. The monoisotopic (exact) mass is 227 g/mol. The molecule has 0 aliphatic rings. The van der Waals surface area contributed by atoms with E-state index in [1.54, 1.807) is 12.5 Å². The third-order valence-electron chi connectivity index (χ3n) is 2.47. The Hall–Kier alpha value is -2.35. The maximum absolute atomic E-state index is 8.62. The molecule has 0 spiro atoms. The van der Waals surface area contributed by atoms with Crippen LogP contribution in [0, 0.1) is 11.3 Å². The Morgan fingerprint density at radius 3 is 3.12 bits per heavy atom. The van der Waals surface area contributed by atoms with Gasteiger partial charge in [0, 0.05) is 19.4 Å². The second kappa shape index (κ2) is 5.12. The predicted octanol–water partition coefficient (Wildman–Crippen LogP) is 1.49. The first kappa shape index (κ1) is 11.1. The van der Waals surface area contributed by atoms with Crippen LogP contribution in [-0.4, -0.2) is 14.5 Å². The van der Waals surface area contributed by atoms with Crippen LogP contribution in [0.3, 0.4) is 0 Å². The number of pyridine rings is 1. The molecule has 0 fully saturated rings. The van der Waals surface area contributed by atoms with E-state index in [1.165, 1.54) is 0 Å². The van der Waals surface area contributed by atoms with Gasteiger partial charge in [0.15, 0.2) is 0 Å². The molecular weight excluding hydrogens is 214 g/mol. The molecule has 2 heterocycles. The van der Waals surface area contributed by atoms with Crippen LogP contribution < -0.4 is 5.32 Å². The minimum atomic E-state index is 0.406. The number of aromatic nitrogens is 3. The van der Waals surface area contributed by atoms with E-state index in [9.17, 15) is 0 Å². The minimum Gasteiger partial charge on any atom is -0.364 e. The zero-order valence-corrected chi connectivity index (χ0v) is 9.59. The molecule has 0 aromatic carbocycles. The first-order valence-electron chi connectivity index (χ1n) is 5.30. The highest BCUT2D eigenvalue weighted by Crippen LogP contribution is 2.08. The fourth-order valence-corrected chi connectivity index (χ4v) is 1.51. The predicted molar refractivity (Wildman–Crippen MR) is 64.1 cm³/mol. The van der Waals surface area contributed by atoms with Crippen molar-refractivity contribution in [3.05, 3.63) is 42.1 Å². The summed E-state index contributed by atoms with van der Waals surface area (Å²) < 4.78 is 1.95. The number of hydrogen-bond donors (Lipinski definition) is 1. The van der Waals surface area contributed by atoms with Crippen molar-refractivity contribution in [2.45, 2.75) is 13.0 Å². The standard InChI is InChI=1S/C12H13N5/c1-17-9-14-7-11(17)8-16-12-6-10(2-4-13)3-5-15-12/h3,5-7,9H,2,8H2,1H3,(H,15,16). The number of nitriles is 1. The van der Waals surface area contributed by atoms with Crippen molar-refractivity contribution in [1.29, 1.82) is 5.26 Å². The van der Waals surface area contributed by atoms with E-state index >= 15 is 0 Å². The van der Waals surface area contributed by atoms with E-state index in [0.29, 0.717) is 13.0 Å². The summed E-state index contributed by atoms with van der Waals surface area (Å²) in [6, 6.07) is 5.85. The molecule has 0 atom stereocenters. The van der Waals surface area contributed by atoms with Crippen molar-refractivity contribution >= 4 is 5.82 Å². The Bertz CT molecular complexity index is 538. The van der Waals surface area contributed by atoms with Crippen molar-refractivity contribution in [3.63, 3.8) is 0 Å². The summed E-state index contributed by atoms with van der Waals surface area (Å²) in [5.41, 5.74) is 2.05. The molecule has 0 radical (unpaired) electrons. The Kier molecular flexibility index (Phi) is 3.36. The van der Waals surface area contributed by atoms with E-state index in [1.807, 2.05) is 29.9 Å². The molecule has 2 rings (SSSR count). The Balaban J connectivity index is 2.02. The fourth-order valence-electron chi connectivity index (χ4n) is 1.51. The van der Waals surface area contributed by atoms with Crippen molar-refractivity contribution in [2.24, 2.45) is 7.05 Å². The molecular formula is C12H13N5. The van der Waals surface area contributed by atoms with Crippen LogP contribution in [0.2, 0.25) is 0 Å². The van der Waals surface area contributed by atoms with Gasteiger partial charge in [0.1, 0.15) is 5.82 Å². The van der Waals surface area contributed by atoms with Crippen LogP contribution in [0.25, 0.3) is 0 Å². The zero-order chi connectivity index (χ0) is 12.1. The van der Waals surface area contributed by atoms with Crippen molar-refractivity contribution in [3.8, 4) is 6.07 Å². The minimum absolute atomic E-state index is 0.406. The van der Waals surface area contributed by atoms with Gasteiger partial charge < -0.3 is 9.88 Å². The lowest BCUT2D eigenvalue weighted by atomic mass is 10.2. The van der Waals surface area contributed by atoms with Gasteiger partial charge in [-0.05, 0) is 17.7 Å². The SMILES string of the molecule is Cn1cncc1CNc1cc(CC#N)ccn1. The molecule has 0 aliphatic heterocycles. The molecule has 0 saturated heterocycles. The molecule has 0 aliphatic carbocycles. The van der Waals surface area contributed by atoms with Gasteiger partial charge in [-0.1, -0.05) is 0 Å². The van der Waals surface area contributed by atoms with Crippen LogP contribution in [0.15, 0.2) is 30.9 Å². The van der Waals surface area contributed by atoms with Gasteiger partial charge in [-0.3, -0.25) is 0 Å². The maximum atomic E-state index is 8.62. The molecule has 2 aromatic heterocycles. The second-order valence-electron chi connectivity index (χ2n) is 3.73. The van der Waals surface area contributed by atoms with Gasteiger partial charge in [-0.15, -0.1) is 0 Å². The van der Waals surface area contributed by atoms with Crippen molar-refractivity contribution < 1.29 is 0 Å². The summed E-state index contributed by atoms with van der Waals surface area (Å²) in [6.45, 7) is 0.666. The highest BCUT2D eigenvalue weighted by atomic mass is 15.1. The smallest absolute Gasteiger partial charge is 0.126 e. The molecule has 0 bridgehead atoms. The van der Waals surface area contributed by atoms with E-state index < -0.39 is 0 Å². The fraction of sp³-hybridized carbons (Fsp3) is 0.250. The first-order chi connectivity index (χ1) is 8.29. The summed E-state index contributed by atoms with van der Waals surface area (Å²) in [4.78, 5) is 8.24. The molecule has 0 saturated carbocycles. The van der Waals surface area contributed by atoms with Crippen LogP contribution in [0.5, 0.6) is 0 Å². The number of aryl methyl sites for hydroxylation is 1. The van der Waals surface area contributed by atoms with Gasteiger partial charge in [0.25, 0.3) is 0 Å². The average Bonchev–Trinajstić information content (AvgIpc) is 2.73. The molecule has 2 aromatic rings. The molecule has 86 valence electrons. The van der Waals surface area contributed by atoms with E-state index in [2.05, 4.69) is 21.4 Å². The van der Waals surface area contributed by atoms with Gasteiger partial charge in [-0.2, -0.15) is 5.26 Å². The molecule has 0 unspecified atom stereocenters. The molecule has 5 nitrogen and oxygen atoms in total. The second-order valence-corrected chi connectivity index (χ2v) is 3.73. The maximum Gasteiger partial charge on any atom is 0.126 e. The summed E-state index contributed by atoms with van der Waals surface area (Å²) in [6.07, 6.45) is 5.68. The first-order valence-corrected chi connectivity index (χ1v) is 5.30. The van der Waals surface area contributed by atoms with Crippen LogP contribution in [-0.2, 0) is 20.0 Å². The lowest BCUT2D eigenvalue weighted by Gasteiger charge is -2.06. The Morgan fingerprint density at radius 1 is 1.53 bits per heavy atom. The van der Waals surface area contributed by atoms with Crippen molar-refractivity contribution in [1.82, 2.24) is 14.5 Å². The lowest BCUT2D eigenvalue weighted by Crippen LogP contribution is -2.05. The third kappa shape index (κ3) is 2.82. The number of nitrogens with zero attached hydrogens (tertiary/aromatic N) is 4. The van der Waals surface area contributed by atoms with Crippen LogP contribution in [0.1, 0.15) is 11.3 Å². The molecule has 0 amide bonds. The molecule has 5 heteroatoms. The summed E-state index contributed by atoms with van der Waals surface area (Å²) >= 11 is 0. The van der Waals surface area contributed by atoms with Crippen molar-refractivity contribution in [2.75, 3.05) is 5.32 Å². The quantitative estimate of drug-likeness (QED) is 0.859. The largest absolute Gasteiger partial charge is 0.364 e. The van der Waals surface area contributed by atoms with Gasteiger partial charge >= 0.3 is 0 Å². The van der Waals surface area contributed by atoms with E-state index in [4.69, 9.17) is 5.26 Å². The number of imidazole rings is 1. The van der Waals surface area contributed by atoms with E-state index in [0.717, 1.165) is 17.1 Å². The molecule has 1 N–H and O–H groups in total. The van der Waals surface area contributed by atoms with Gasteiger partial charge in [0.2, 0.25) is 0 Å².